The van der Waals surface area contributed by atoms with Crippen molar-refractivity contribution in [2.24, 2.45) is 0 Å². The zero-order valence-electron chi connectivity index (χ0n) is 5.37. The van der Waals surface area contributed by atoms with E-state index in [0.717, 1.165) is 0 Å². The standard InChI is InChI=1S/C6H5N2O2.Au/c7-5-1-3-6(4-2-5)8(9)10;/h1-4,7H;/q-1;+1. The van der Waals surface area contributed by atoms with Crippen LogP contribution in [0.2, 0.25) is 0 Å². The molecule has 0 radical (unpaired) electrons. The Hall–Kier alpha value is -0.840. The summed E-state index contributed by atoms with van der Waals surface area (Å²) in [5, 5.41) is 10.1. The van der Waals surface area contributed by atoms with Gasteiger partial charge in [0.2, 0.25) is 0 Å². The first kappa shape index (κ1) is 10.2. The van der Waals surface area contributed by atoms with Crippen LogP contribution in [-0.2, 0) is 22.4 Å². The number of nitro benzene ring substituents is 1. The molecular weight excluding hydrogens is 329 g/mol. The van der Waals surface area contributed by atoms with Crippen LogP contribution in [0.15, 0.2) is 24.3 Å². The van der Waals surface area contributed by atoms with Gasteiger partial charge in [0.25, 0.3) is 5.69 Å². The smallest absolute Gasteiger partial charge is 0.699 e. The third-order valence-electron chi connectivity index (χ3n) is 1.08. The summed E-state index contributed by atoms with van der Waals surface area (Å²) >= 11 is 0. The van der Waals surface area contributed by atoms with Crippen LogP contribution in [0.25, 0.3) is 5.73 Å². The number of hydrogen-bond donors (Lipinski definition) is 0. The van der Waals surface area contributed by atoms with E-state index in [1.54, 1.807) is 0 Å². The molecule has 0 heterocycles. The summed E-state index contributed by atoms with van der Waals surface area (Å²) in [5.74, 6) is 0. The van der Waals surface area contributed by atoms with Crippen LogP contribution in [0.5, 0.6) is 0 Å². The molecule has 62 valence electrons. The van der Waals surface area contributed by atoms with Gasteiger partial charge in [-0.05, 0) is 0 Å². The van der Waals surface area contributed by atoms with Crippen LogP contribution in [-0.4, -0.2) is 4.92 Å². The van der Waals surface area contributed by atoms with Crippen molar-refractivity contribution in [3.05, 3.63) is 40.1 Å². The maximum absolute atomic E-state index is 10.1. The fraction of sp³-hybridized carbons (Fsp3) is 0. The molecule has 0 aliphatic heterocycles. The molecule has 0 bridgehead atoms. The second kappa shape index (κ2) is 4.13. The van der Waals surface area contributed by atoms with E-state index in [0.29, 0.717) is 0 Å². The molecule has 0 fully saturated rings. The minimum absolute atomic E-state index is 0. The maximum atomic E-state index is 10.1. The number of rotatable bonds is 1. The van der Waals surface area contributed by atoms with Crippen LogP contribution >= 0.6 is 0 Å². The van der Waals surface area contributed by atoms with Gasteiger partial charge in [0.05, 0.1) is 4.92 Å². The van der Waals surface area contributed by atoms with Crippen molar-refractivity contribution in [1.29, 1.82) is 0 Å². The van der Waals surface area contributed by atoms with Crippen LogP contribution < -0.4 is 0 Å². The van der Waals surface area contributed by atoms with E-state index >= 15 is 0 Å². The van der Waals surface area contributed by atoms with Crippen LogP contribution in [0, 0.1) is 10.1 Å². The number of nitrogens with one attached hydrogen (secondary N) is 1. The van der Waals surface area contributed by atoms with Crippen LogP contribution in [0.3, 0.4) is 0 Å². The predicted octanol–water partition coefficient (Wildman–Crippen LogP) is 2.28. The normalized spacial score (nSPS) is 8.36. The minimum atomic E-state index is -0.487. The maximum Gasteiger partial charge on any atom is 1.00 e. The molecule has 0 amide bonds. The molecule has 0 spiro atoms. The Morgan fingerprint density at radius 2 is 1.73 bits per heavy atom. The largest absolute Gasteiger partial charge is 1.00 e. The zero-order valence-corrected chi connectivity index (χ0v) is 7.54. The molecular formula is C6H5AuN2O2. The van der Waals surface area contributed by atoms with Gasteiger partial charge in [-0.2, -0.15) is 0 Å². The summed E-state index contributed by atoms with van der Waals surface area (Å²) < 4.78 is 0. The first-order valence-corrected chi connectivity index (χ1v) is 2.66. The van der Waals surface area contributed by atoms with Crippen molar-refractivity contribution in [1.82, 2.24) is 0 Å². The summed E-state index contributed by atoms with van der Waals surface area (Å²) in [4.78, 5) is 9.57. The van der Waals surface area contributed by atoms with Crippen molar-refractivity contribution in [2.75, 3.05) is 0 Å². The van der Waals surface area contributed by atoms with Gasteiger partial charge in [0.15, 0.2) is 0 Å². The van der Waals surface area contributed by atoms with Crippen molar-refractivity contribution in [3.63, 3.8) is 0 Å². The third kappa shape index (κ3) is 2.71. The Bertz CT molecular complexity index is 247. The number of non-ortho nitro benzene ring substituents is 1. The first-order chi connectivity index (χ1) is 4.70. The Labute approximate surface area is 79.1 Å². The first-order valence-electron chi connectivity index (χ1n) is 2.66. The second-order valence-electron chi connectivity index (χ2n) is 1.80. The van der Waals surface area contributed by atoms with E-state index in [1.165, 1.54) is 24.3 Å². The topological polar surface area (TPSA) is 66.9 Å². The van der Waals surface area contributed by atoms with E-state index < -0.39 is 4.92 Å². The fourth-order valence-corrected chi connectivity index (χ4v) is 0.583. The molecule has 0 aromatic heterocycles. The van der Waals surface area contributed by atoms with Crippen molar-refractivity contribution in [3.8, 4) is 0 Å². The van der Waals surface area contributed by atoms with Crippen molar-refractivity contribution < 1.29 is 27.3 Å². The quantitative estimate of drug-likeness (QED) is 0.449. The van der Waals surface area contributed by atoms with Crippen LogP contribution in [0.4, 0.5) is 11.4 Å². The summed E-state index contributed by atoms with van der Waals surface area (Å²) in [6.45, 7) is 0. The number of nitro groups is 1. The molecule has 1 N–H and O–H groups in total. The molecule has 5 heteroatoms. The zero-order chi connectivity index (χ0) is 7.56. The average molecular weight is 334 g/mol. The summed E-state index contributed by atoms with van der Waals surface area (Å²) in [5.41, 5.74) is 7.32. The van der Waals surface area contributed by atoms with E-state index in [4.69, 9.17) is 5.73 Å². The SMILES string of the molecule is [Au+].[NH-]c1ccc([N+](=O)[O-])cc1. The number of nitrogens with zero attached hydrogens (tertiary/aromatic N) is 1. The van der Waals surface area contributed by atoms with Gasteiger partial charge in [-0.1, -0.05) is 12.1 Å². The molecule has 4 nitrogen and oxygen atoms in total. The van der Waals surface area contributed by atoms with Crippen molar-refractivity contribution in [2.45, 2.75) is 0 Å². The Kier molecular flexibility index (Phi) is 3.81. The van der Waals surface area contributed by atoms with Gasteiger partial charge in [-0.3, -0.25) is 10.1 Å². The van der Waals surface area contributed by atoms with Crippen LogP contribution in [0.1, 0.15) is 0 Å². The molecule has 1 aromatic carbocycles. The van der Waals surface area contributed by atoms with Gasteiger partial charge in [-0.15, -0.1) is 5.69 Å². The molecule has 0 saturated heterocycles. The third-order valence-corrected chi connectivity index (χ3v) is 1.08. The fourth-order valence-electron chi connectivity index (χ4n) is 0.583. The Morgan fingerprint density at radius 1 is 1.27 bits per heavy atom. The average Bonchev–Trinajstić information content (AvgIpc) is 1.88. The van der Waals surface area contributed by atoms with Gasteiger partial charge in [-0.25, -0.2) is 0 Å². The van der Waals surface area contributed by atoms with E-state index in [9.17, 15) is 10.1 Å². The Balaban J connectivity index is 0.000001000. The monoisotopic (exact) mass is 334 g/mol. The van der Waals surface area contributed by atoms with Gasteiger partial charge in [0.1, 0.15) is 0 Å². The summed E-state index contributed by atoms with van der Waals surface area (Å²) in [6.07, 6.45) is 0. The Morgan fingerprint density at radius 3 is 2.09 bits per heavy atom. The van der Waals surface area contributed by atoms with Crippen molar-refractivity contribution >= 4 is 11.4 Å². The van der Waals surface area contributed by atoms with E-state index in [-0.39, 0.29) is 33.8 Å². The van der Waals surface area contributed by atoms with E-state index in [2.05, 4.69) is 0 Å². The molecule has 0 unspecified atom stereocenters. The second-order valence-corrected chi connectivity index (χ2v) is 1.80. The van der Waals surface area contributed by atoms with Gasteiger partial charge < -0.3 is 5.73 Å². The molecule has 0 aliphatic carbocycles. The van der Waals surface area contributed by atoms with E-state index in [1.807, 2.05) is 0 Å². The molecule has 11 heavy (non-hydrogen) atoms. The minimum Gasteiger partial charge on any atom is -0.699 e. The molecule has 0 atom stereocenters. The summed E-state index contributed by atoms with van der Waals surface area (Å²) in [7, 11) is 0. The molecule has 0 aliphatic rings. The molecule has 0 saturated carbocycles. The molecule has 1 aromatic rings. The number of hydrogen-bond acceptors (Lipinski definition) is 2. The van der Waals surface area contributed by atoms with Gasteiger partial charge >= 0.3 is 22.4 Å². The van der Waals surface area contributed by atoms with Gasteiger partial charge in [0, 0.05) is 12.1 Å². The number of benzene rings is 1. The predicted molar refractivity (Wildman–Crippen MR) is 37.1 cm³/mol. The summed E-state index contributed by atoms with van der Waals surface area (Å²) in [6, 6.07) is 5.39. The molecule has 1 rings (SSSR count).